The number of carbonyl (C=O) groups excluding carboxylic acids is 1. The van der Waals surface area contributed by atoms with Crippen LogP contribution in [0.2, 0.25) is 5.02 Å². The molecule has 0 bridgehead atoms. The van der Waals surface area contributed by atoms with Crippen LogP contribution in [-0.4, -0.2) is 30.4 Å². The number of anilines is 2. The van der Waals surface area contributed by atoms with Gasteiger partial charge in [-0.25, -0.2) is 15.0 Å². The predicted octanol–water partition coefficient (Wildman–Crippen LogP) is 3.65. The van der Waals surface area contributed by atoms with Crippen molar-refractivity contribution in [2.45, 2.75) is 13.0 Å². The van der Waals surface area contributed by atoms with Gasteiger partial charge in [0.15, 0.2) is 0 Å². The molecule has 0 aliphatic heterocycles. The van der Waals surface area contributed by atoms with Crippen molar-refractivity contribution in [2.24, 2.45) is 7.05 Å². The number of benzene rings is 1. The molecular formula is C20H18ClN7O. The molecule has 1 atom stereocenters. The number of pyridine rings is 1. The molecule has 3 aromatic heterocycles. The molecule has 4 aromatic rings. The number of rotatable bonds is 5. The standard InChI is InChI=1S/C20H18ClN7O/c1-12(26-20(29)15-7-18-17(9-22-15)25-11-28(18)2)16-8-24-19(10-23-16)27-14-5-3-13(21)4-6-14/h3-12H,1-2H3,(H,24,27)(H,26,29). The van der Waals surface area contributed by atoms with E-state index < -0.39 is 0 Å². The second-order valence-electron chi connectivity index (χ2n) is 6.57. The highest BCUT2D eigenvalue weighted by atomic mass is 35.5. The Morgan fingerprint density at radius 3 is 2.59 bits per heavy atom. The van der Waals surface area contributed by atoms with Crippen LogP contribution >= 0.6 is 11.6 Å². The second kappa shape index (κ2) is 7.84. The van der Waals surface area contributed by atoms with E-state index >= 15 is 0 Å². The van der Waals surface area contributed by atoms with Crippen LogP contribution in [0.1, 0.15) is 29.1 Å². The van der Waals surface area contributed by atoms with Crippen molar-refractivity contribution < 1.29 is 4.79 Å². The molecule has 0 saturated carbocycles. The maximum atomic E-state index is 12.6. The van der Waals surface area contributed by atoms with Crippen LogP contribution in [0.5, 0.6) is 0 Å². The summed E-state index contributed by atoms with van der Waals surface area (Å²) in [6.07, 6.45) is 6.52. The fourth-order valence-electron chi connectivity index (χ4n) is 2.81. The maximum Gasteiger partial charge on any atom is 0.270 e. The van der Waals surface area contributed by atoms with E-state index in [1.54, 1.807) is 43.1 Å². The topological polar surface area (TPSA) is 97.6 Å². The summed E-state index contributed by atoms with van der Waals surface area (Å²) >= 11 is 5.89. The van der Waals surface area contributed by atoms with Crippen LogP contribution in [0, 0.1) is 0 Å². The molecule has 1 unspecified atom stereocenters. The number of amides is 1. The summed E-state index contributed by atoms with van der Waals surface area (Å²) in [5.74, 6) is 0.309. The molecule has 9 heteroatoms. The lowest BCUT2D eigenvalue weighted by Gasteiger charge is -2.13. The van der Waals surface area contributed by atoms with E-state index in [1.807, 2.05) is 30.7 Å². The largest absolute Gasteiger partial charge is 0.343 e. The molecular weight excluding hydrogens is 390 g/mol. The lowest BCUT2D eigenvalue weighted by Crippen LogP contribution is -2.28. The molecule has 0 fully saturated rings. The minimum atomic E-state index is -0.330. The van der Waals surface area contributed by atoms with Gasteiger partial charge >= 0.3 is 0 Å². The van der Waals surface area contributed by atoms with Gasteiger partial charge in [0.1, 0.15) is 17.0 Å². The molecule has 0 aliphatic rings. The first-order valence-corrected chi connectivity index (χ1v) is 9.30. The maximum absolute atomic E-state index is 12.6. The van der Waals surface area contributed by atoms with Gasteiger partial charge in [-0.15, -0.1) is 0 Å². The zero-order valence-corrected chi connectivity index (χ0v) is 16.6. The molecule has 29 heavy (non-hydrogen) atoms. The van der Waals surface area contributed by atoms with E-state index in [0.717, 1.165) is 16.7 Å². The summed E-state index contributed by atoms with van der Waals surface area (Å²) in [5.41, 5.74) is 3.40. The summed E-state index contributed by atoms with van der Waals surface area (Å²) in [4.78, 5) is 29.7. The molecule has 0 saturated heterocycles. The van der Waals surface area contributed by atoms with E-state index in [2.05, 4.69) is 30.6 Å². The number of imidazole rings is 1. The number of nitrogens with zero attached hydrogens (tertiary/aromatic N) is 5. The Balaban J connectivity index is 1.43. The van der Waals surface area contributed by atoms with E-state index in [9.17, 15) is 4.79 Å². The highest BCUT2D eigenvalue weighted by Crippen LogP contribution is 2.18. The summed E-state index contributed by atoms with van der Waals surface area (Å²) in [7, 11) is 1.87. The van der Waals surface area contributed by atoms with Crippen LogP contribution < -0.4 is 10.6 Å². The number of fused-ring (bicyclic) bond motifs is 1. The van der Waals surface area contributed by atoms with Crippen molar-refractivity contribution in [3.8, 4) is 0 Å². The van der Waals surface area contributed by atoms with Crippen molar-refractivity contribution in [1.29, 1.82) is 0 Å². The SMILES string of the molecule is CC(NC(=O)c1cc2c(cn1)ncn2C)c1cnc(Nc2ccc(Cl)cc2)cn1. The third-order valence-corrected chi connectivity index (χ3v) is 4.68. The van der Waals surface area contributed by atoms with Gasteiger partial charge in [0.25, 0.3) is 5.91 Å². The van der Waals surface area contributed by atoms with Crippen LogP contribution in [0.4, 0.5) is 11.5 Å². The van der Waals surface area contributed by atoms with Crippen LogP contribution in [-0.2, 0) is 7.05 Å². The first-order chi connectivity index (χ1) is 14.0. The molecule has 8 nitrogen and oxygen atoms in total. The number of nitrogens with one attached hydrogen (secondary N) is 2. The van der Waals surface area contributed by atoms with Crippen molar-refractivity contribution in [3.63, 3.8) is 0 Å². The van der Waals surface area contributed by atoms with Crippen molar-refractivity contribution in [1.82, 2.24) is 29.8 Å². The Bertz CT molecular complexity index is 1160. The van der Waals surface area contributed by atoms with Crippen LogP contribution in [0.3, 0.4) is 0 Å². The van der Waals surface area contributed by atoms with Gasteiger partial charge in [-0.3, -0.25) is 9.78 Å². The zero-order valence-electron chi connectivity index (χ0n) is 15.8. The van der Waals surface area contributed by atoms with Crippen molar-refractivity contribution >= 4 is 40.0 Å². The normalized spacial score (nSPS) is 12.0. The van der Waals surface area contributed by atoms with E-state index in [4.69, 9.17) is 11.6 Å². The van der Waals surface area contributed by atoms with Crippen LogP contribution in [0.15, 0.2) is 55.2 Å². The monoisotopic (exact) mass is 407 g/mol. The van der Waals surface area contributed by atoms with Crippen molar-refractivity contribution in [2.75, 3.05) is 5.32 Å². The summed E-state index contributed by atoms with van der Waals surface area (Å²) in [5, 5.41) is 6.71. The average molecular weight is 408 g/mol. The molecule has 2 N–H and O–H groups in total. The fraction of sp³-hybridized carbons (Fsp3) is 0.150. The number of hydrogen-bond acceptors (Lipinski definition) is 6. The quantitative estimate of drug-likeness (QED) is 0.524. The third-order valence-electron chi connectivity index (χ3n) is 4.42. The van der Waals surface area contributed by atoms with Gasteiger partial charge in [-0.1, -0.05) is 11.6 Å². The van der Waals surface area contributed by atoms with Gasteiger partial charge in [0.2, 0.25) is 0 Å². The molecule has 3 heterocycles. The van der Waals surface area contributed by atoms with E-state index in [-0.39, 0.29) is 11.9 Å². The van der Waals surface area contributed by atoms with Gasteiger partial charge < -0.3 is 15.2 Å². The predicted molar refractivity (Wildman–Crippen MR) is 111 cm³/mol. The zero-order chi connectivity index (χ0) is 20.4. The molecule has 4 rings (SSSR count). The van der Waals surface area contributed by atoms with E-state index in [1.165, 1.54) is 0 Å². The minimum Gasteiger partial charge on any atom is -0.343 e. The molecule has 0 spiro atoms. The first-order valence-electron chi connectivity index (χ1n) is 8.92. The first kappa shape index (κ1) is 18.8. The Kier molecular flexibility index (Phi) is 5.09. The molecule has 146 valence electrons. The van der Waals surface area contributed by atoms with Crippen LogP contribution in [0.25, 0.3) is 11.0 Å². The number of hydrogen-bond donors (Lipinski definition) is 2. The Morgan fingerprint density at radius 1 is 1.07 bits per heavy atom. The van der Waals surface area contributed by atoms with Crippen molar-refractivity contribution in [3.05, 3.63) is 71.7 Å². The second-order valence-corrected chi connectivity index (χ2v) is 7.00. The van der Waals surface area contributed by atoms with Gasteiger partial charge in [-0.05, 0) is 37.3 Å². The highest BCUT2D eigenvalue weighted by Gasteiger charge is 2.15. The van der Waals surface area contributed by atoms with Gasteiger partial charge in [-0.2, -0.15) is 0 Å². The Morgan fingerprint density at radius 2 is 1.86 bits per heavy atom. The van der Waals surface area contributed by atoms with Gasteiger partial charge in [0.05, 0.1) is 42.2 Å². The molecule has 1 amide bonds. The summed E-state index contributed by atoms with van der Waals surface area (Å²) < 4.78 is 1.84. The number of aryl methyl sites for hydroxylation is 1. The Labute approximate surface area is 172 Å². The Hall–Kier alpha value is -3.52. The number of aromatic nitrogens is 5. The number of carbonyl (C=O) groups is 1. The fourth-order valence-corrected chi connectivity index (χ4v) is 2.93. The average Bonchev–Trinajstić information content (AvgIpc) is 3.10. The third kappa shape index (κ3) is 4.17. The minimum absolute atomic E-state index is 0.286. The summed E-state index contributed by atoms with van der Waals surface area (Å²) in [6.45, 7) is 1.84. The van der Waals surface area contributed by atoms with E-state index in [0.29, 0.717) is 22.2 Å². The molecule has 0 aliphatic carbocycles. The van der Waals surface area contributed by atoms with Gasteiger partial charge in [0, 0.05) is 17.8 Å². The summed E-state index contributed by atoms with van der Waals surface area (Å²) in [6, 6.07) is 8.68. The smallest absolute Gasteiger partial charge is 0.270 e. The highest BCUT2D eigenvalue weighted by molar-refractivity contribution is 6.30. The lowest BCUT2D eigenvalue weighted by atomic mass is 10.2. The molecule has 0 radical (unpaired) electrons. The number of halogens is 1. The lowest BCUT2D eigenvalue weighted by molar-refractivity contribution is 0.0934. The molecule has 1 aromatic carbocycles.